The fraction of sp³-hybridized carbons (Fsp3) is 1.00. The molecule has 0 aromatic rings. The Labute approximate surface area is 45.4 Å². The van der Waals surface area contributed by atoms with Crippen molar-refractivity contribution in [2.45, 2.75) is 0 Å². The molecule has 0 saturated carbocycles. The van der Waals surface area contributed by atoms with Crippen molar-refractivity contribution in [1.82, 2.24) is 0 Å². The molecule has 0 N–H and O–H groups in total. The summed E-state index contributed by atoms with van der Waals surface area (Å²) < 4.78 is 0. The van der Waals surface area contributed by atoms with Crippen LogP contribution in [-0.4, -0.2) is 6.38 Å². The molecular formula is CH7ClS2. The molecule has 0 aliphatic carbocycles. The highest BCUT2D eigenvalue weighted by Gasteiger charge is 0.943. The van der Waals surface area contributed by atoms with Gasteiger partial charge in [0.1, 0.15) is 0 Å². The second-order valence-electron chi connectivity index (χ2n) is 0. The lowest BCUT2D eigenvalue weighted by atomic mass is 12.0. The molecule has 0 bridgehead atoms. The SMILES string of the molecule is CCl.S.S. The molecule has 0 unspecified atom stereocenters. The van der Waals surface area contributed by atoms with Crippen LogP contribution in [0.5, 0.6) is 0 Å². The molecule has 3 heteroatoms. The number of halogens is 1. The van der Waals surface area contributed by atoms with Gasteiger partial charge in [-0.15, -0.1) is 11.6 Å². The zero-order chi connectivity index (χ0) is 2.00. The van der Waals surface area contributed by atoms with Crippen LogP contribution in [0.15, 0.2) is 0 Å². The Hall–Kier alpha value is 0.990. The molecule has 0 aliphatic heterocycles. The molecule has 4 heavy (non-hydrogen) atoms. The first-order chi connectivity index (χ1) is 1.00. The van der Waals surface area contributed by atoms with Crippen LogP contribution >= 0.6 is 38.6 Å². The summed E-state index contributed by atoms with van der Waals surface area (Å²) >= 11 is 4.64. The summed E-state index contributed by atoms with van der Waals surface area (Å²) in [7, 11) is 0. The van der Waals surface area contributed by atoms with Crippen LogP contribution in [-0.2, 0) is 0 Å². The first kappa shape index (κ1) is 20.1. The van der Waals surface area contributed by atoms with Crippen LogP contribution in [0.3, 0.4) is 0 Å². The van der Waals surface area contributed by atoms with Gasteiger partial charge in [0.15, 0.2) is 0 Å². The Kier molecular flexibility index (Phi) is 183. The fourth-order valence-electron chi connectivity index (χ4n) is 0. The minimum atomic E-state index is 0. The molecular weight excluding hydrogens is 112 g/mol. The third kappa shape index (κ3) is 12.1. The Morgan fingerprint density at radius 3 is 1.00 bits per heavy atom. The van der Waals surface area contributed by atoms with Crippen molar-refractivity contribution >= 4 is 38.6 Å². The van der Waals surface area contributed by atoms with E-state index in [0.717, 1.165) is 0 Å². The standard InChI is InChI=1S/CH3Cl.2H2S/c1-2;;/h1H3;2*1H2. The van der Waals surface area contributed by atoms with E-state index in [-0.39, 0.29) is 27.0 Å². The second kappa shape index (κ2) is 36.4. The van der Waals surface area contributed by atoms with Crippen LogP contribution in [0.1, 0.15) is 0 Å². The monoisotopic (exact) mass is 118 g/mol. The van der Waals surface area contributed by atoms with Crippen LogP contribution in [0.25, 0.3) is 0 Å². The van der Waals surface area contributed by atoms with Gasteiger partial charge in [0.05, 0.1) is 0 Å². The predicted molar refractivity (Wildman–Crippen MR) is 32.5 cm³/mol. The van der Waals surface area contributed by atoms with Crippen LogP contribution < -0.4 is 0 Å². The highest BCUT2D eigenvalue weighted by Crippen LogP contribution is 1.34. The number of rotatable bonds is 0. The third-order valence-corrected chi connectivity index (χ3v) is 0. The van der Waals surface area contributed by atoms with E-state index in [2.05, 4.69) is 11.6 Å². The third-order valence-electron chi connectivity index (χ3n) is 0. The lowest BCUT2D eigenvalue weighted by molar-refractivity contribution is 2.46. The van der Waals surface area contributed by atoms with E-state index in [1.807, 2.05) is 0 Å². The summed E-state index contributed by atoms with van der Waals surface area (Å²) in [6, 6.07) is 0. The zero-order valence-electron chi connectivity index (χ0n) is 2.38. The first-order valence-corrected chi connectivity index (χ1v) is 1.13. The summed E-state index contributed by atoms with van der Waals surface area (Å²) in [5.74, 6) is 0. The Balaban J connectivity index is -0.00000000500. The molecule has 0 aliphatic rings. The summed E-state index contributed by atoms with van der Waals surface area (Å²) in [5, 5.41) is 0. The smallest absolute Gasteiger partial charge is 0.0108 e. The topological polar surface area (TPSA) is 0 Å². The van der Waals surface area contributed by atoms with Gasteiger partial charge in [-0.25, -0.2) is 0 Å². The summed E-state index contributed by atoms with van der Waals surface area (Å²) in [6.07, 6.45) is 1.47. The van der Waals surface area contributed by atoms with Crippen molar-refractivity contribution in [3.63, 3.8) is 0 Å². The molecule has 0 amide bonds. The van der Waals surface area contributed by atoms with Gasteiger partial charge in [-0.2, -0.15) is 27.0 Å². The Morgan fingerprint density at radius 2 is 1.00 bits per heavy atom. The number of alkyl halides is 1. The number of hydrogen-bond acceptors (Lipinski definition) is 0. The quantitative estimate of drug-likeness (QED) is 0.418. The maximum absolute atomic E-state index is 4.64. The fourth-order valence-corrected chi connectivity index (χ4v) is 0. The van der Waals surface area contributed by atoms with Crippen LogP contribution in [0, 0.1) is 0 Å². The minimum Gasteiger partial charge on any atom is -0.197 e. The van der Waals surface area contributed by atoms with Gasteiger partial charge in [0.25, 0.3) is 0 Å². The lowest BCUT2D eigenvalue weighted by Crippen LogP contribution is -0.852. The zero-order valence-corrected chi connectivity index (χ0v) is 5.13. The van der Waals surface area contributed by atoms with Crippen molar-refractivity contribution in [3.8, 4) is 0 Å². The highest BCUT2D eigenvalue weighted by molar-refractivity contribution is 7.59. The second-order valence-corrected chi connectivity index (χ2v) is 0. The predicted octanol–water partition coefficient (Wildman–Crippen LogP) is 1.08. The van der Waals surface area contributed by atoms with Gasteiger partial charge in [-0.1, -0.05) is 0 Å². The normalized spacial score (nSPS) is 1.50. The van der Waals surface area contributed by atoms with Gasteiger partial charge >= 0.3 is 0 Å². The average molecular weight is 119 g/mol. The summed E-state index contributed by atoms with van der Waals surface area (Å²) in [6.45, 7) is 0. The highest BCUT2D eigenvalue weighted by atomic mass is 35.5. The molecule has 0 saturated heterocycles. The molecule has 0 nitrogen and oxygen atoms in total. The van der Waals surface area contributed by atoms with E-state index >= 15 is 0 Å². The van der Waals surface area contributed by atoms with Gasteiger partial charge in [0, 0.05) is 6.38 Å². The molecule has 0 spiro atoms. The molecule has 0 atom stereocenters. The number of hydrogen-bond donors (Lipinski definition) is 0. The van der Waals surface area contributed by atoms with Crippen molar-refractivity contribution in [2.24, 2.45) is 0 Å². The van der Waals surface area contributed by atoms with Gasteiger partial charge in [-0.05, 0) is 0 Å². The van der Waals surface area contributed by atoms with Gasteiger partial charge in [-0.3, -0.25) is 0 Å². The van der Waals surface area contributed by atoms with Crippen molar-refractivity contribution in [1.29, 1.82) is 0 Å². The maximum Gasteiger partial charge on any atom is 0.0108 e. The van der Waals surface area contributed by atoms with Crippen LogP contribution in [0.2, 0.25) is 0 Å². The summed E-state index contributed by atoms with van der Waals surface area (Å²) in [4.78, 5) is 0. The molecule has 0 fully saturated rings. The Morgan fingerprint density at radius 1 is 1.00 bits per heavy atom. The molecule has 0 aromatic heterocycles. The van der Waals surface area contributed by atoms with Crippen molar-refractivity contribution in [3.05, 3.63) is 0 Å². The maximum atomic E-state index is 4.64. The average Bonchev–Trinajstić information content (AvgIpc) is 1.00. The van der Waals surface area contributed by atoms with Crippen molar-refractivity contribution < 1.29 is 0 Å². The van der Waals surface area contributed by atoms with Gasteiger partial charge in [0.2, 0.25) is 0 Å². The van der Waals surface area contributed by atoms with Gasteiger partial charge < -0.3 is 0 Å². The first-order valence-electron chi connectivity index (χ1n) is 0.378. The van der Waals surface area contributed by atoms with E-state index in [4.69, 9.17) is 0 Å². The largest absolute Gasteiger partial charge is 0.197 e. The van der Waals surface area contributed by atoms with Crippen LogP contribution in [0.4, 0.5) is 0 Å². The molecule has 30 valence electrons. The summed E-state index contributed by atoms with van der Waals surface area (Å²) in [5.41, 5.74) is 0. The lowest BCUT2D eigenvalue weighted by Gasteiger charge is -1.06. The molecule has 0 aromatic carbocycles. The minimum absolute atomic E-state index is 0. The molecule has 0 rings (SSSR count). The molecule has 0 radical (unpaired) electrons. The van der Waals surface area contributed by atoms with E-state index in [9.17, 15) is 0 Å². The molecule has 0 heterocycles. The van der Waals surface area contributed by atoms with E-state index in [1.54, 1.807) is 0 Å². The van der Waals surface area contributed by atoms with E-state index < -0.39 is 0 Å². The van der Waals surface area contributed by atoms with E-state index in [1.165, 1.54) is 6.38 Å². The Bertz CT molecular complexity index is 6.00. The van der Waals surface area contributed by atoms with E-state index in [0.29, 0.717) is 0 Å². The van der Waals surface area contributed by atoms with Crippen molar-refractivity contribution in [2.75, 3.05) is 6.38 Å².